The molecule has 0 aromatic heterocycles. The number of hydrogen-bond acceptors (Lipinski definition) is 6. The highest BCUT2D eigenvalue weighted by Crippen LogP contribution is 2.32. The summed E-state index contributed by atoms with van der Waals surface area (Å²) in [5.74, 6) is -1.11. The van der Waals surface area contributed by atoms with Crippen molar-refractivity contribution in [3.8, 4) is 11.5 Å². The van der Waals surface area contributed by atoms with Gasteiger partial charge >= 0.3 is 0 Å². The molecule has 2 amide bonds. The number of ether oxygens (including phenoxy) is 2. The zero-order chi connectivity index (χ0) is 31.2. The molecule has 0 heterocycles. The summed E-state index contributed by atoms with van der Waals surface area (Å²) in [5.41, 5.74) is 0.238. The molecule has 0 aliphatic heterocycles. The molecule has 0 saturated carbocycles. The second-order valence-corrected chi connectivity index (χ2v) is 13.3. The molecule has 0 bridgehead atoms. The van der Waals surface area contributed by atoms with Gasteiger partial charge in [0, 0.05) is 22.6 Å². The molecule has 226 valence electrons. The third-order valence-electron chi connectivity index (χ3n) is 6.27. The largest absolute Gasteiger partial charge is 0.493 e. The number of halogens is 2. The summed E-state index contributed by atoms with van der Waals surface area (Å²) in [5, 5.41) is 2.88. The van der Waals surface area contributed by atoms with Gasteiger partial charge in [0.2, 0.25) is 11.8 Å². The van der Waals surface area contributed by atoms with E-state index in [-0.39, 0.29) is 22.9 Å². The van der Waals surface area contributed by atoms with Gasteiger partial charge in [0.05, 0.1) is 24.8 Å². The van der Waals surface area contributed by atoms with Gasteiger partial charge in [-0.2, -0.15) is 0 Å². The zero-order valence-corrected chi connectivity index (χ0v) is 26.8. The summed E-state index contributed by atoms with van der Waals surface area (Å²) < 4.78 is 54.1. The van der Waals surface area contributed by atoms with E-state index in [0.29, 0.717) is 5.75 Å². The van der Waals surface area contributed by atoms with Crippen molar-refractivity contribution in [1.29, 1.82) is 0 Å². The first-order valence-electron chi connectivity index (χ1n) is 13.0. The monoisotopic (exact) mass is 663 g/mol. The highest BCUT2D eigenvalue weighted by molar-refractivity contribution is 9.10. The van der Waals surface area contributed by atoms with E-state index in [4.69, 9.17) is 9.47 Å². The third kappa shape index (κ3) is 8.22. The van der Waals surface area contributed by atoms with Gasteiger partial charge in [-0.05, 0) is 81.8 Å². The van der Waals surface area contributed by atoms with Crippen molar-refractivity contribution < 1.29 is 31.9 Å². The Labute approximate surface area is 254 Å². The lowest BCUT2D eigenvalue weighted by atomic mass is 10.1. The number of hydrogen-bond donors (Lipinski definition) is 1. The zero-order valence-electron chi connectivity index (χ0n) is 24.4. The predicted octanol–water partition coefficient (Wildman–Crippen LogP) is 5.13. The molecule has 9 nitrogen and oxygen atoms in total. The van der Waals surface area contributed by atoms with Crippen LogP contribution in [-0.4, -0.2) is 57.5 Å². The van der Waals surface area contributed by atoms with Gasteiger partial charge in [0.15, 0.2) is 11.5 Å². The highest BCUT2D eigenvalue weighted by atomic mass is 79.9. The third-order valence-corrected chi connectivity index (χ3v) is 8.57. The van der Waals surface area contributed by atoms with Gasteiger partial charge in [0.1, 0.15) is 18.4 Å². The van der Waals surface area contributed by atoms with Crippen molar-refractivity contribution in [2.45, 2.75) is 50.7 Å². The van der Waals surface area contributed by atoms with Crippen LogP contribution in [0.5, 0.6) is 11.5 Å². The van der Waals surface area contributed by atoms with E-state index in [1.54, 1.807) is 19.1 Å². The molecule has 0 saturated heterocycles. The van der Waals surface area contributed by atoms with Crippen LogP contribution in [0, 0.1) is 5.82 Å². The molecule has 0 fully saturated rings. The molecule has 0 aliphatic carbocycles. The standard InChI is InChI=1S/C30H35BrFN3O6S/c1-20(29(37)33-30(2,3)4)34(18-21-7-9-22(31)10-8-21)28(36)19-35(24-13-11-23(32)12-14-24)42(38,39)25-15-16-26(40-5)27(17-25)41-6/h7-17,20H,18-19H2,1-6H3,(H,33,37). The minimum absolute atomic E-state index is 0.0402. The van der Waals surface area contributed by atoms with E-state index in [9.17, 15) is 22.4 Å². The topological polar surface area (TPSA) is 105 Å². The number of nitrogens with one attached hydrogen (secondary N) is 1. The summed E-state index contributed by atoms with van der Waals surface area (Å²) in [6.07, 6.45) is 0. The van der Waals surface area contributed by atoms with E-state index in [0.717, 1.165) is 26.5 Å². The van der Waals surface area contributed by atoms with E-state index in [2.05, 4.69) is 21.2 Å². The Bertz CT molecular complexity index is 1510. The molecule has 0 aliphatic rings. The van der Waals surface area contributed by atoms with Crippen molar-refractivity contribution >= 4 is 43.5 Å². The highest BCUT2D eigenvalue weighted by Gasteiger charge is 2.34. The second-order valence-electron chi connectivity index (χ2n) is 10.6. The maximum Gasteiger partial charge on any atom is 0.264 e. The van der Waals surface area contributed by atoms with Crippen molar-refractivity contribution in [2.75, 3.05) is 25.1 Å². The Balaban J connectivity index is 2.07. The lowest BCUT2D eigenvalue weighted by molar-refractivity contribution is -0.140. The van der Waals surface area contributed by atoms with Crippen LogP contribution in [0.3, 0.4) is 0 Å². The molecular formula is C30H35BrFN3O6S. The molecule has 3 rings (SSSR count). The predicted molar refractivity (Wildman–Crippen MR) is 163 cm³/mol. The van der Waals surface area contributed by atoms with Gasteiger partial charge in [-0.15, -0.1) is 0 Å². The van der Waals surface area contributed by atoms with E-state index in [1.165, 1.54) is 49.5 Å². The van der Waals surface area contributed by atoms with E-state index >= 15 is 0 Å². The van der Waals surface area contributed by atoms with Crippen molar-refractivity contribution in [3.05, 3.63) is 82.6 Å². The molecule has 0 radical (unpaired) electrons. The summed E-state index contributed by atoms with van der Waals surface area (Å²) in [4.78, 5) is 28.3. The van der Waals surface area contributed by atoms with Crippen LogP contribution in [0.1, 0.15) is 33.3 Å². The molecule has 1 N–H and O–H groups in total. The fourth-order valence-corrected chi connectivity index (χ4v) is 5.78. The van der Waals surface area contributed by atoms with Crippen LogP contribution in [0.2, 0.25) is 0 Å². The smallest absolute Gasteiger partial charge is 0.264 e. The quantitative estimate of drug-likeness (QED) is 0.305. The Morgan fingerprint density at radius 3 is 2.10 bits per heavy atom. The summed E-state index contributed by atoms with van der Waals surface area (Å²) in [7, 11) is -1.59. The number of rotatable bonds is 11. The number of carbonyl (C=O) groups excluding carboxylic acids is 2. The molecule has 1 atom stereocenters. The first kappa shape index (κ1) is 32.9. The molecule has 1 unspecified atom stereocenters. The fraction of sp³-hybridized carbons (Fsp3) is 0.333. The van der Waals surface area contributed by atoms with Crippen LogP contribution >= 0.6 is 15.9 Å². The number of benzene rings is 3. The lowest BCUT2D eigenvalue weighted by Gasteiger charge is -2.33. The van der Waals surface area contributed by atoms with Gasteiger partial charge in [-0.1, -0.05) is 28.1 Å². The van der Waals surface area contributed by atoms with Crippen LogP contribution in [-0.2, 0) is 26.2 Å². The first-order chi connectivity index (χ1) is 19.7. The number of amides is 2. The Morgan fingerprint density at radius 2 is 1.55 bits per heavy atom. The maximum absolute atomic E-state index is 14.0. The molecule has 12 heteroatoms. The number of carbonyl (C=O) groups is 2. The number of anilines is 1. The molecule has 3 aromatic rings. The maximum atomic E-state index is 14.0. The van der Waals surface area contributed by atoms with Crippen molar-refractivity contribution in [3.63, 3.8) is 0 Å². The molecular weight excluding hydrogens is 629 g/mol. The Kier molecular flexibility index (Phi) is 10.6. The number of methoxy groups -OCH3 is 2. The minimum Gasteiger partial charge on any atom is -0.493 e. The van der Waals surface area contributed by atoms with Crippen molar-refractivity contribution in [2.24, 2.45) is 0 Å². The Morgan fingerprint density at radius 1 is 0.952 bits per heavy atom. The van der Waals surface area contributed by atoms with E-state index < -0.39 is 45.8 Å². The van der Waals surface area contributed by atoms with Gasteiger partial charge in [0.25, 0.3) is 10.0 Å². The van der Waals surface area contributed by atoms with Crippen LogP contribution < -0.4 is 19.1 Å². The first-order valence-corrected chi connectivity index (χ1v) is 15.3. The fourth-order valence-electron chi connectivity index (χ4n) is 4.08. The van der Waals surface area contributed by atoms with Crippen molar-refractivity contribution in [1.82, 2.24) is 10.2 Å². The number of nitrogens with zero attached hydrogens (tertiary/aromatic N) is 2. The van der Waals surface area contributed by atoms with Crippen LogP contribution in [0.4, 0.5) is 10.1 Å². The summed E-state index contributed by atoms with van der Waals surface area (Å²) in [6.45, 7) is 6.44. The summed E-state index contributed by atoms with van der Waals surface area (Å²) >= 11 is 3.39. The van der Waals surface area contributed by atoms with Crippen LogP contribution in [0.15, 0.2) is 76.1 Å². The molecule has 3 aromatic carbocycles. The minimum atomic E-state index is -4.39. The lowest BCUT2D eigenvalue weighted by Crippen LogP contribution is -2.54. The number of sulfonamides is 1. The van der Waals surface area contributed by atoms with E-state index in [1.807, 2.05) is 32.9 Å². The SMILES string of the molecule is COc1ccc(S(=O)(=O)N(CC(=O)N(Cc2ccc(Br)cc2)C(C)C(=O)NC(C)(C)C)c2ccc(F)cc2)cc1OC. The van der Waals surface area contributed by atoms with Gasteiger partial charge < -0.3 is 19.7 Å². The second kappa shape index (κ2) is 13.6. The molecule has 0 spiro atoms. The summed E-state index contributed by atoms with van der Waals surface area (Å²) in [6, 6.07) is 15.1. The average Bonchev–Trinajstić information content (AvgIpc) is 2.94. The van der Waals surface area contributed by atoms with Crippen LogP contribution in [0.25, 0.3) is 0 Å². The molecule has 42 heavy (non-hydrogen) atoms. The Hall–Kier alpha value is -3.64. The average molecular weight is 665 g/mol. The normalized spacial score (nSPS) is 12.3. The van der Waals surface area contributed by atoms with Gasteiger partial charge in [-0.25, -0.2) is 12.8 Å². The van der Waals surface area contributed by atoms with Gasteiger partial charge in [-0.3, -0.25) is 13.9 Å².